The number of nitrogens with one attached hydrogen (secondary N) is 1. The predicted octanol–water partition coefficient (Wildman–Crippen LogP) is 2.03. The molecule has 0 spiro atoms. The molecule has 0 aliphatic heterocycles. The van der Waals surface area contributed by atoms with Crippen LogP contribution in [0.5, 0.6) is 0 Å². The second-order valence-electron chi connectivity index (χ2n) is 6.91. The molecule has 5 unspecified atom stereocenters. The maximum atomic E-state index is 10.2. The fourth-order valence-corrected chi connectivity index (χ4v) is 4.13. The van der Waals surface area contributed by atoms with Crippen molar-refractivity contribution in [2.24, 2.45) is 29.6 Å². The lowest BCUT2D eigenvalue weighted by molar-refractivity contribution is 0.0130. The normalized spacial score (nSPS) is 48.2. The highest BCUT2D eigenvalue weighted by Gasteiger charge is 2.64. The summed E-state index contributed by atoms with van der Waals surface area (Å²) in [6.07, 6.45) is 4.46. The highest BCUT2D eigenvalue weighted by atomic mass is 16.3. The third-order valence-electron chi connectivity index (χ3n) is 5.67. The minimum atomic E-state index is -0.546. The zero-order chi connectivity index (χ0) is 11.5. The summed E-state index contributed by atoms with van der Waals surface area (Å²) in [5, 5.41) is 13.8. The molecule has 5 atom stereocenters. The van der Waals surface area contributed by atoms with E-state index in [1.54, 1.807) is 0 Å². The van der Waals surface area contributed by atoms with Crippen LogP contribution < -0.4 is 5.32 Å². The zero-order valence-electron chi connectivity index (χ0n) is 10.7. The molecule has 0 radical (unpaired) electrons. The molecule has 0 saturated heterocycles. The van der Waals surface area contributed by atoms with Gasteiger partial charge in [-0.15, -0.1) is 0 Å². The van der Waals surface area contributed by atoms with Crippen molar-refractivity contribution in [3.8, 4) is 0 Å². The molecule has 92 valence electrons. The number of aliphatic hydroxyl groups is 1. The molecular formula is C14H25NO. The Bertz CT molecular complexity index is 270. The highest BCUT2D eigenvalue weighted by Crippen LogP contribution is 2.65. The van der Waals surface area contributed by atoms with Gasteiger partial charge in [-0.3, -0.25) is 0 Å². The molecule has 2 nitrogen and oxygen atoms in total. The van der Waals surface area contributed by atoms with Crippen LogP contribution in [0, 0.1) is 29.6 Å². The van der Waals surface area contributed by atoms with Crippen molar-refractivity contribution in [3.05, 3.63) is 0 Å². The van der Waals surface area contributed by atoms with E-state index in [1.165, 1.54) is 19.3 Å². The summed E-state index contributed by atoms with van der Waals surface area (Å²) in [5.41, 5.74) is -0.546. The molecule has 3 saturated carbocycles. The van der Waals surface area contributed by atoms with Crippen molar-refractivity contribution in [1.29, 1.82) is 0 Å². The first-order valence-corrected chi connectivity index (χ1v) is 6.96. The van der Waals surface area contributed by atoms with Crippen LogP contribution in [0.2, 0.25) is 0 Å². The number of fused-ring (bicyclic) bond motifs is 5. The molecular weight excluding hydrogens is 198 g/mol. The van der Waals surface area contributed by atoms with E-state index in [4.69, 9.17) is 0 Å². The summed E-state index contributed by atoms with van der Waals surface area (Å²) in [7, 11) is 0. The van der Waals surface area contributed by atoms with Crippen LogP contribution in [0.4, 0.5) is 0 Å². The van der Waals surface area contributed by atoms with E-state index in [9.17, 15) is 5.11 Å². The molecule has 0 amide bonds. The largest absolute Gasteiger partial charge is 0.389 e. The maximum absolute atomic E-state index is 10.2. The van der Waals surface area contributed by atoms with Crippen molar-refractivity contribution >= 4 is 0 Å². The van der Waals surface area contributed by atoms with E-state index in [-0.39, 0.29) is 0 Å². The van der Waals surface area contributed by atoms with Crippen molar-refractivity contribution in [3.63, 3.8) is 0 Å². The average molecular weight is 223 g/mol. The lowest BCUT2D eigenvalue weighted by Gasteiger charge is -2.28. The summed E-state index contributed by atoms with van der Waals surface area (Å²) < 4.78 is 0. The lowest BCUT2D eigenvalue weighted by atomic mass is 9.92. The second kappa shape index (κ2) is 3.46. The molecule has 3 fully saturated rings. The lowest BCUT2D eigenvalue weighted by Crippen LogP contribution is -2.44. The molecule has 16 heavy (non-hydrogen) atoms. The Balaban J connectivity index is 1.52. The third-order valence-corrected chi connectivity index (χ3v) is 5.67. The van der Waals surface area contributed by atoms with Crippen LogP contribution in [0.1, 0.15) is 40.0 Å². The second-order valence-corrected chi connectivity index (χ2v) is 6.91. The van der Waals surface area contributed by atoms with Gasteiger partial charge in [0, 0.05) is 12.6 Å². The predicted molar refractivity (Wildman–Crippen MR) is 65.1 cm³/mol. The van der Waals surface area contributed by atoms with Crippen LogP contribution in [0.25, 0.3) is 0 Å². The maximum Gasteiger partial charge on any atom is 0.0766 e. The van der Waals surface area contributed by atoms with E-state index >= 15 is 0 Å². The molecule has 0 aromatic carbocycles. The van der Waals surface area contributed by atoms with Crippen LogP contribution >= 0.6 is 0 Å². The Kier molecular flexibility index (Phi) is 2.38. The average Bonchev–Trinajstić information content (AvgIpc) is 2.62. The SMILES string of the molecule is CC(C)C(C)(O)CNC1C2C3CCC(C3)C12. The summed E-state index contributed by atoms with van der Waals surface area (Å²) in [4.78, 5) is 0. The van der Waals surface area contributed by atoms with Gasteiger partial charge in [-0.1, -0.05) is 13.8 Å². The third kappa shape index (κ3) is 1.53. The Morgan fingerprint density at radius 2 is 1.81 bits per heavy atom. The zero-order valence-corrected chi connectivity index (χ0v) is 10.7. The molecule has 3 aliphatic rings. The first-order valence-electron chi connectivity index (χ1n) is 6.96. The Hall–Kier alpha value is -0.0800. The first kappa shape index (κ1) is 11.0. The summed E-state index contributed by atoms with van der Waals surface area (Å²) >= 11 is 0. The summed E-state index contributed by atoms with van der Waals surface area (Å²) in [6.45, 7) is 6.91. The minimum absolute atomic E-state index is 0.329. The molecule has 0 heterocycles. The first-order chi connectivity index (χ1) is 7.50. The molecule has 2 bridgehead atoms. The molecule has 2 N–H and O–H groups in total. The molecule has 0 aromatic heterocycles. The van der Waals surface area contributed by atoms with E-state index in [0.29, 0.717) is 5.92 Å². The van der Waals surface area contributed by atoms with Gasteiger partial charge in [0.25, 0.3) is 0 Å². The van der Waals surface area contributed by atoms with Crippen LogP contribution in [0.3, 0.4) is 0 Å². The van der Waals surface area contributed by atoms with Gasteiger partial charge in [0.15, 0.2) is 0 Å². The van der Waals surface area contributed by atoms with Crippen molar-refractivity contribution < 1.29 is 5.11 Å². The summed E-state index contributed by atoms with van der Waals surface area (Å²) in [5.74, 6) is 4.33. The van der Waals surface area contributed by atoms with Crippen molar-refractivity contribution in [2.45, 2.75) is 51.7 Å². The Morgan fingerprint density at radius 3 is 2.31 bits per heavy atom. The summed E-state index contributed by atoms with van der Waals surface area (Å²) in [6, 6.07) is 0.747. The van der Waals surface area contributed by atoms with Crippen LogP contribution in [-0.2, 0) is 0 Å². The van der Waals surface area contributed by atoms with Crippen LogP contribution in [0.15, 0.2) is 0 Å². The van der Waals surface area contributed by atoms with Gasteiger partial charge in [0.2, 0.25) is 0 Å². The van der Waals surface area contributed by atoms with Gasteiger partial charge in [-0.05, 0) is 55.8 Å². The van der Waals surface area contributed by atoms with Gasteiger partial charge in [0.05, 0.1) is 5.60 Å². The highest BCUT2D eigenvalue weighted by molar-refractivity contribution is 5.17. The van der Waals surface area contributed by atoms with E-state index < -0.39 is 5.60 Å². The minimum Gasteiger partial charge on any atom is -0.389 e. The monoisotopic (exact) mass is 223 g/mol. The number of rotatable bonds is 4. The van der Waals surface area contributed by atoms with Gasteiger partial charge in [0.1, 0.15) is 0 Å². The molecule has 3 aliphatic carbocycles. The van der Waals surface area contributed by atoms with E-state index in [0.717, 1.165) is 36.3 Å². The van der Waals surface area contributed by atoms with Crippen LogP contribution in [-0.4, -0.2) is 23.3 Å². The number of hydrogen-bond donors (Lipinski definition) is 2. The fraction of sp³-hybridized carbons (Fsp3) is 1.00. The standard InChI is InChI=1S/C14H25NO/c1-8(2)14(3,16)7-15-13-11-9-4-5-10(6-9)12(11)13/h8-13,15-16H,4-7H2,1-3H3. The Morgan fingerprint density at radius 1 is 1.25 bits per heavy atom. The molecule has 3 rings (SSSR count). The van der Waals surface area contributed by atoms with Gasteiger partial charge >= 0.3 is 0 Å². The Labute approximate surface area is 98.8 Å². The van der Waals surface area contributed by atoms with Gasteiger partial charge in [-0.25, -0.2) is 0 Å². The van der Waals surface area contributed by atoms with E-state index in [2.05, 4.69) is 19.2 Å². The quantitative estimate of drug-likeness (QED) is 0.764. The molecule has 0 aromatic rings. The number of hydrogen-bond acceptors (Lipinski definition) is 2. The van der Waals surface area contributed by atoms with Crippen molar-refractivity contribution in [1.82, 2.24) is 5.32 Å². The topological polar surface area (TPSA) is 32.3 Å². The van der Waals surface area contributed by atoms with Gasteiger partial charge in [-0.2, -0.15) is 0 Å². The van der Waals surface area contributed by atoms with E-state index in [1.807, 2.05) is 6.92 Å². The molecule has 2 heteroatoms. The smallest absolute Gasteiger partial charge is 0.0766 e. The van der Waals surface area contributed by atoms with Crippen molar-refractivity contribution in [2.75, 3.05) is 6.54 Å². The fourth-order valence-electron chi connectivity index (χ4n) is 4.13. The van der Waals surface area contributed by atoms with Gasteiger partial charge < -0.3 is 10.4 Å².